The Morgan fingerprint density at radius 3 is 3.24 bits per heavy atom. The number of likely N-dealkylation sites (tertiary alicyclic amines) is 1. The van der Waals surface area contributed by atoms with E-state index in [1.54, 1.807) is 0 Å². The van der Waals surface area contributed by atoms with Gasteiger partial charge in [-0.15, -0.1) is 0 Å². The first-order valence-corrected chi connectivity index (χ1v) is 6.73. The van der Waals surface area contributed by atoms with Crippen LogP contribution in [0.4, 0.5) is 0 Å². The number of nitrogens with one attached hydrogen (secondary N) is 2. The van der Waals surface area contributed by atoms with Crippen molar-refractivity contribution in [2.24, 2.45) is 5.92 Å². The molecule has 17 heavy (non-hydrogen) atoms. The highest BCUT2D eigenvalue weighted by Crippen LogP contribution is 2.19. The molecule has 1 fully saturated rings. The number of rotatable bonds is 5. The van der Waals surface area contributed by atoms with Gasteiger partial charge in [0.2, 0.25) is 0 Å². The molecule has 1 saturated heterocycles. The van der Waals surface area contributed by atoms with Gasteiger partial charge in [0.1, 0.15) is 0 Å². The zero-order chi connectivity index (χ0) is 12.1. The maximum atomic E-state index is 3.96. The van der Waals surface area contributed by atoms with Crippen molar-refractivity contribution in [3.05, 3.63) is 18.0 Å². The zero-order valence-corrected chi connectivity index (χ0v) is 10.9. The average Bonchev–Trinajstić information content (AvgIpc) is 2.89. The number of aromatic amines is 1. The van der Waals surface area contributed by atoms with E-state index in [0.29, 0.717) is 6.04 Å². The molecule has 0 amide bonds. The van der Waals surface area contributed by atoms with Crippen molar-refractivity contribution in [3.63, 3.8) is 0 Å². The minimum absolute atomic E-state index is 0.583. The van der Waals surface area contributed by atoms with E-state index < -0.39 is 0 Å². The Morgan fingerprint density at radius 2 is 2.53 bits per heavy atom. The lowest BCUT2D eigenvalue weighted by Crippen LogP contribution is -2.44. The van der Waals surface area contributed by atoms with Gasteiger partial charge in [-0.1, -0.05) is 6.92 Å². The number of H-pyrrole nitrogens is 1. The molecule has 0 aliphatic carbocycles. The van der Waals surface area contributed by atoms with E-state index in [1.807, 2.05) is 12.4 Å². The molecule has 1 aromatic heterocycles. The summed E-state index contributed by atoms with van der Waals surface area (Å²) >= 11 is 0. The molecule has 0 radical (unpaired) electrons. The van der Waals surface area contributed by atoms with Crippen LogP contribution in [0.5, 0.6) is 0 Å². The first-order chi connectivity index (χ1) is 8.29. The second-order valence-electron chi connectivity index (χ2n) is 5.07. The highest BCUT2D eigenvalue weighted by Gasteiger charge is 2.23. The quantitative estimate of drug-likeness (QED) is 0.816. The topological polar surface area (TPSA) is 44.0 Å². The normalized spacial score (nSPS) is 23.8. The lowest BCUT2D eigenvalue weighted by molar-refractivity contribution is 0.157. The van der Waals surface area contributed by atoms with Gasteiger partial charge < -0.3 is 10.2 Å². The van der Waals surface area contributed by atoms with Crippen molar-refractivity contribution in [3.8, 4) is 0 Å². The van der Waals surface area contributed by atoms with Gasteiger partial charge in [0.05, 0.1) is 6.20 Å². The van der Waals surface area contributed by atoms with Crippen LogP contribution in [0.15, 0.2) is 12.4 Å². The van der Waals surface area contributed by atoms with Crippen LogP contribution in [-0.2, 0) is 6.54 Å². The van der Waals surface area contributed by atoms with E-state index in [-0.39, 0.29) is 0 Å². The van der Waals surface area contributed by atoms with Crippen LogP contribution in [0, 0.1) is 5.92 Å². The zero-order valence-electron chi connectivity index (χ0n) is 10.9. The van der Waals surface area contributed by atoms with E-state index in [4.69, 9.17) is 0 Å². The van der Waals surface area contributed by atoms with Gasteiger partial charge in [-0.2, -0.15) is 5.10 Å². The van der Waals surface area contributed by atoms with Crippen LogP contribution in [0.25, 0.3) is 0 Å². The van der Waals surface area contributed by atoms with Gasteiger partial charge in [0.15, 0.2) is 0 Å². The van der Waals surface area contributed by atoms with Gasteiger partial charge in [-0.05, 0) is 38.8 Å². The average molecular weight is 236 g/mol. The second kappa shape index (κ2) is 6.17. The fourth-order valence-electron chi connectivity index (χ4n) is 2.61. The molecule has 2 atom stereocenters. The summed E-state index contributed by atoms with van der Waals surface area (Å²) in [5, 5.41) is 10.4. The van der Waals surface area contributed by atoms with Gasteiger partial charge in [0.25, 0.3) is 0 Å². The SMILES string of the molecule is CCN1CCCC(C(C)NCc2cn[nH]c2)C1. The van der Waals surface area contributed by atoms with Crippen molar-refractivity contribution in [1.82, 2.24) is 20.4 Å². The minimum atomic E-state index is 0.583. The molecule has 1 aliphatic heterocycles. The number of nitrogens with zero attached hydrogens (tertiary/aromatic N) is 2. The molecule has 2 N–H and O–H groups in total. The first kappa shape index (κ1) is 12.6. The van der Waals surface area contributed by atoms with Crippen LogP contribution in [0.2, 0.25) is 0 Å². The van der Waals surface area contributed by atoms with Crippen LogP contribution in [0.1, 0.15) is 32.3 Å². The first-order valence-electron chi connectivity index (χ1n) is 6.73. The number of hydrogen-bond donors (Lipinski definition) is 2. The molecule has 2 unspecified atom stereocenters. The number of aromatic nitrogens is 2. The van der Waals surface area contributed by atoms with Crippen LogP contribution in [-0.4, -0.2) is 40.8 Å². The Labute approximate surface area is 104 Å². The highest BCUT2D eigenvalue weighted by atomic mass is 15.1. The van der Waals surface area contributed by atoms with Crippen molar-refractivity contribution >= 4 is 0 Å². The maximum Gasteiger partial charge on any atom is 0.0532 e. The lowest BCUT2D eigenvalue weighted by Gasteiger charge is -2.35. The van der Waals surface area contributed by atoms with E-state index in [9.17, 15) is 0 Å². The number of hydrogen-bond acceptors (Lipinski definition) is 3. The molecule has 96 valence electrons. The molecule has 4 heteroatoms. The Morgan fingerprint density at radius 1 is 1.65 bits per heavy atom. The van der Waals surface area contributed by atoms with Crippen molar-refractivity contribution in [2.45, 2.75) is 39.3 Å². The molecule has 2 rings (SSSR count). The summed E-state index contributed by atoms with van der Waals surface area (Å²) in [7, 11) is 0. The maximum absolute atomic E-state index is 3.96. The summed E-state index contributed by atoms with van der Waals surface area (Å²) in [5.41, 5.74) is 1.24. The van der Waals surface area contributed by atoms with Gasteiger partial charge in [-0.25, -0.2) is 0 Å². The molecule has 1 aliphatic rings. The Hall–Kier alpha value is -0.870. The standard InChI is InChI=1S/C13H24N4/c1-3-17-6-4-5-13(10-17)11(2)14-7-12-8-15-16-9-12/h8-9,11,13-14H,3-7,10H2,1-2H3,(H,15,16). The Kier molecular flexibility index (Phi) is 4.57. The van der Waals surface area contributed by atoms with Gasteiger partial charge in [-0.3, -0.25) is 5.10 Å². The van der Waals surface area contributed by atoms with Crippen molar-refractivity contribution in [1.29, 1.82) is 0 Å². The lowest BCUT2D eigenvalue weighted by atomic mass is 9.91. The third-order valence-electron chi connectivity index (χ3n) is 3.88. The van der Waals surface area contributed by atoms with E-state index in [2.05, 4.69) is 34.3 Å². The molecule has 0 aromatic carbocycles. The molecule has 0 saturated carbocycles. The third kappa shape index (κ3) is 3.54. The molecule has 0 bridgehead atoms. The smallest absolute Gasteiger partial charge is 0.0532 e. The Balaban J connectivity index is 1.76. The van der Waals surface area contributed by atoms with Gasteiger partial charge >= 0.3 is 0 Å². The predicted octanol–water partition coefficient (Wildman–Crippen LogP) is 1.62. The fraction of sp³-hybridized carbons (Fsp3) is 0.769. The van der Waals surface area contributed by atoms with E-state index in [0.717, 1.165) is 12.5 Å². The summed E-state index contributed by atoms with van der Waals surface area (Å²) < 4.78 is 0. The number of piperidine rings is 1. The molecule has 2 heterocycles. The molecular formula is C13H24N4. The van der Waals surface area contributed by atoms with E-state index >= 15 is 0 Å². The summed E-state index contributed by atoms with van der Waals surface area (Å²) in [4.78, 5) is 2.56. The van der Waals surface area contributed by atoms with Crippen LogP contribution in [0.3, 0.4) is 0 Å². The second-order valence-corrected chi connectivity index (χ2v) is 5.07. The summed E-state index contributed by atoms with van der Waals surface area (Å²) in [6.45, 7) is 9.19. The molecule has 1 aromatic rings. The Bertz CT molecular complexity index is 309. The third-order valence-corrected chi connectivity index (χ3v) is 3.88. The summed E-state index contributed by atoms with van der Waals surface area (Å²) in [5.74, 6) is 0.788. The minimum Gasteiger partial charge on any atom is -0.310 e. The molecular weight excluding hydrogens is 212 g/mol. The summed E-state index contributed by atoms with van der Waals surface area (Å²) in [6, 6.07) is 0.583. The fourth-order valence-corrected chi connectivity index (χ4v) is 2.61. The molecule has 4 nitrogen and oxygen atoms in total. The van der Waals surface area contributed by atoms with Crippen LogP contribution >= 0.6 is 0 Å². The monoisotopic (exact) mass is 236 g/mol. The largest absolute Gasteiger partial charge is 0.310 e. The van der Waals surface area contributed by atoms with Crippen molar-refractivity contribution in [2.75, 3.05) is 19.6 Å². The predicted molar refractivity (Wildman–Crippen MR) is 69.7 cm³/mol. The van der Waals surface area contributed by atoms with Crippen LogP contribution < -0.4 is 5.32 Å². The van der Waals surface area contributed by atoms with E-state index in [1.165, 1.54) is 38.0 Å². The summed E-state index contributed by atoms with van der Waals surface area (Å²) in [6.07, 6.45) is 6.55. The highest BCUT2D eigenvalue weighted by molar-refractivity contribution is 5.01. The van der Waals surface area contributed by atoms with Gasteiger partial charge in [0, 0.05) is 30.9 Å². The van der Waals surface area contributed by atoms with Crippen molar-refractivity contribution < 1.29 is 0 Å². The molecule has 0 spiro atoms.